The first-order valence-corrected chi connectivity index (χ1v) is 10.9. The van der Waals surface area contributed by atoms with E-state index in [9.17, 15) is 9.59 Å². The van der Waals surface area contributed by atoms with E-state index in [4.69, 9.17) is 16.3 Å². The van der Waals surface area contributed by atoms with Crippen molar-refractivity contribution in [3.05, 3.63) is 64.7 Å². The van der Waals surface area contributed by atoms with Gasteiger partial charge in [-0.1, -0.05) is 49.2 Å². The summed E-state index contributed by atoms with van der Waals surface area (Å²) in [7, 11) is 1.62. The number of nitrogens with one attached hydrogen (secondary N) is 1. The van der Waals surface area contributed by atoms with Gasteiger partial charge in [0.05, 0.1) is 19.1 Å². The van der Waals surface area contributed by atoms with Crippen molar-refractivity contribution in [1.82, 2.24) is 10.2 Å². The van der Waals surface area contributed by atoms with Gasteiger partial charge in [0.25, 0.3) is 0 Å². The second-order valence-electron chi connectivity index (χ2n) is 7.65. The van der Waals surface area contributed by atoms with Crippen molar-refractivity contribution in [2.75, 3.05) is 13.7 Å². The molecule has 1 aliphatic rings. The lowest BCUT2D eigenvalue weighted by Crippen LogP contribution is -2.48. The van der Waals surface area contributed by atoms with Crippen molar-refractivity contribution in [3.8, 4) is 5.75 Å². The highest BCUT2D eigenvalue weighted by molar-refractivity contribution is 6.30. The first-order valence-electron chi connectivity index (χ1n) is 10.5. The maximum absolute atomic E-state index is 13.2. The number of ether oxygens (including phenoxy) is 1. The minimum atomic E-state index is -0.291. The molecule has 0 saturated carbocycles. The Kier molecular flexibility index (Phi) is 7.75. The first-order chi connectivity index (χ1) is 14.5. The molecule has 5 nitrogen and oxygen atoms in total. The van der Waals surface area contributed by atoms with E-state index in [1.54, 1.807) is 7.11 Å². The summed E-state index contributed by atoms with van der Waals surface area (Å²) in [6.07, 6.45) is 2.85. The van der Waals surface area contributed by atoms with E-state index in [1.807, 2.05) is 53.4 Å². The Morgan fingerprint density at radius 2 is 1.87 bits per heavy atom. The number of unbranched alkanes of at least 4 members (excludes halogenated alkanes) is 1. The molecule has 160 valence electrons. The highest BCUT2D eigenvalue weighted by atomic mass is 35.5. The molecule has 2 amide bonds. The van der Waals surface area contributed by atoms with Crippen LogP contribution in [0.2, 0.25) is 5.02 Å². The van der Waals surface area contributed by atoms with Crippen LogP contribution < -0.4 is 10.1 Å². The van der Waals surface area contributed by atoms with E-state index in [0.717, 1.165) is 29.7 Å². The topological polar surface area (TPSA) is 58.6 Å². The highest BCUT2D eigenvalue weighted by Crippen LogP contribution is 2.37. The third-order valence-corrected chi connectivity index (χ3v) is 5.89. The molecule has 1 aliphatic heterocycles. The predicted octanol–water partition coefficient (Wildman–Crippen LogP) is 4.74. The van der Waals surface area contributed by atoms with Crippen LogP contribution in [-0.4, -0.2) is 30.4 Å². The molecule has 1 fully saturated rings. The van der Waals surface area contributed by atoms with Crippen LogP contribution in [0.25, 0.3) is 0 Å². The predicted molar refractivity (Wildman–Crippen MR) is 118 cm³/mol. The van der Waals surface area contributed by atoms with Gasteiger partial charge in [0.2, 0.25) is 11.8 Å². The molecule has 2 atom stereocenters. The summed E-state index contributed by atoms with van der Waals surface area (Å²) in [5.41, 5.74) is 1.95. The molecule has 1 N–H and O–H groups in total. The summed E-state index contributed by atoms with van der Waals surface area (Å²) in [5, 5.41) is 3.73. The van der Waals surface area contributed by atoms with Crippen LogP contribution in [0.1, 0.15) is 49.8 Å². The summed E-state index contributed by atoms with van der Waals surface area (Å²) in [4.78, 5) is 27.8. The molecule has 1 heterocycles. The molecule has 2 unspecified atom stereocenters. The second-order valence-corrected chi connectivity index (χ2v) is 8.08. The van der Waals surface area contributed by atoms with Crippen LogP contribution in [0.4, 0.5) is 0 Å². The minimum absolute atomic E-state index is 0.0280. The summed E-state index contributed by atoms with van der Waals surface area (Å²) in [5.74, 6) is 0.552. The van der Waals surface area contributed by atoms with Gasteiger partial charge in [-0.2, -0.15) is 0 Å². The van der Waals surface area contributed by atoms with Crippen LogP contribution in [0.3, 0.4) is 0 Å². The molecule has 2 aromatic rings. The van der Waals surface area contributed by atoms with E-state index < -0.39 is 0 Å². The van der Waals surface area contributed by atoms with E-state index in [-0.39, 0.29) is 23.8 Å². The zero-order chi connectivity index (χ0) is 21.5. The smallest absolute Gasteiger partial charge is 0.225 e. The van der Waals surface area contributed by atoms with Crippen LogP contribution in [0.5, 0.6) is 5.75 Å². The van der Waals surface area contributed by atoms with E-state index in [2.05, 4.69) is 12.2 Å². The lowest BCUT2D eigenvalue weighted by molar-refractivity contribution is -0.143. The van der Waals surface area contributed by atoms with Crippen LogP contribution in [0.15, 0.2) is 48.5 Å². The van der Waals surface area contributed by atoms with Crippen molar-refractivity contribution in [2.45, 2.75) is 45.2 Å². The molecular formula is C24H29ClN2O3. The third kappa shape index (κ3) is 5.33. The fourth-order valence-electron chi connectivity index (χ4n) is 3.96. The number of nitrogens with zero attached hydrogens (tertiary/aromatic N) is 1. The summed E-state index contributed by atoms with van der Waals surface area (Å²) < 4.78 is 5.27. The fraction of sp³-hybridized carbons (Fsp3) is 0.417. The molecule has 3 rings (SSSR count). The summed E-state index contributed by atoms with van der Waals surface area (Å²) in [6, 6.07) is 14.9. The number of rotatable bonds is 8. The maximum Gasteiger partial charge on any atom is 0.225 e. The SMILES string of the molecule is CCCCN1C(=O)CCC(C(=O)NCc2ccc(Cl)cc2)C1c1ccc(OC)cc1. The number of carbonyl (C=O) groups excluding carboxylic acids is 2. The number of methoxy groups -OCH3 is 1. The number of likely N-dealkylation sites (tertiary alicyclic amines) is 1. The summed E-state index contributed by atoms with van der Waals surface area (Å²) >= 11 is 5.94. The Morgan fingerprint density at radius 1 is 1.17 bits per heavy atom. The number of amides is 2. The normalized spacial score (nSPS) is 18.9. The van der Waals surface area contributed by atoms with Gasteiger partial charge in [-0.25, -0.2) is 0 Å². The average Bonchev–Trinajstić information content (AvgIpc) is 2.77. The van der Waals surface area contributed by atoms with Gasteiger partial charge >= 0.3 is 0 Å². The van der Waals surface area contributed by atoms with Gasteiger partial charge in [0.15, 0.2) is 0 Å². The van der Waals surface area contributed by atoms with E-state index >= 15 is 0 Å². The Morgan fingerprint density at radius 3 is 2.50 bits per heavy atom. The first kappa shape index (κ1) is 22.2. The lowest BCUT2D eigenvalue weighted by Gasteiger charge is -2.41. The standard InChI is InChI=1S/C24H29ClN2O3/c1-3-4-15-27-22(28)14-13-21(23(27)18-7-11-20(30-2)12-8-18)24(29)26-16-17-5-9-19(25)10-6-17/h5-12,21,23H,3-4,13-16H2,1-2H3,(H,26,29). The van der Waals surface area contributed by atoms with Gasteiger partial charge in [-0.15, -0.1) is 0 Å². The second kappa shape index (κ2) is 10.5. The third-order valence-electron chi connectivity index (χ3n) is 5.63. The number of piperidine rings is 1. The molecular weight excluding hydrogens is 400 g/mol. The highest BCUT2D eigenvalue weighted by Gasteiger charge is 2.40. The number of carbonyl (C=O) groups is 2. The zero-order valence-electron chi connectivity index (χ0n) is 17.6. The van der Waals surface area contributed by atoms with Crippen molar-refractivity contribution >= 4 is 23.4 Å². The maximum atomic E-state index is 13.2. The largest absolute Gasteiger partial charge is 0.497 e. The van der Waals surface area contributed by atoms with Gasteiger partial charge in [0.1, 0.15) is 5.75 Å². The average molecular weight is 429 g/mol. The molecule has 0 aromatic heterocycles. The van der Waals surface area contributed by atoms with Gasteiger partial charge in [-0.05, 0) is 48.2 Å². The van der Waals surface area contributed by atoms with Crippen molar-refractivity contribution in [1.29, 1.82) is 0 Å². The molecule has 0 radical (unpaired) electrons. The molecule has 0 bridgehead atoms. The van der Waals surface area contributed by atoms with E-state index in [1.165, 1.54) is 0 Å². The number of hydrogen-bond acceptors (Lipinski definition) is 3. The Balaban J connectivity index is 1.81. The van der Waals surface area contributed by atoms with Gasteiger partial charge < -0.3 is 15.0 Å². The fourth-order valence-corrected chi connectivity index (χ4v) is 4.08. The van der Waals surface area contributed by atoms with Crippen molar-refractivity contribution < 1.29 is 14.3 Å². The molecule has 30 heavy (non-hydrogen) atoms. The molecule has 0 spiro atoms. The lowest BCUT2D eigenvalue weighted by atomic mass is 9.83. The monoisotopic (exact) mass is 428 g/mol. The number of halogens is 1. The number of hydrogen-bond donors (Lipinski definition) is 1. The number of benzene rings is 2. The molecule has 2 aromatic carbocycles. The van der Waals surface area contributed by atoms with Gasteiger partial charge in [-0.3, -0.25) is 9.59 Å². The van der Waals surface area contributed by atoms with Crippen LogP contribution in [-0.2, 0) is 16.1 Å². The van der Waals surface area contributed by atoms with Crippen molar-refractivity contribution in [2.24, 2.45) is 5.92 Å². The molecule has 0 aliphatic carbocycles. The van der Waals surface area contributed by atoms with Gasteiger partial charge in [0, 0.05) is 24.5 Å². The molecule has 1 saturated heterocycles. The Bertz CT molecular complexity index is 852. The van der Waals surface area contributed by atoms with Crippen molar-refractivity contribution in [3.63, 3.8) is 0 Å². The molecule has 6 heteroatoms. The Labute approximate surface area is 183 Å². The zero-order valence-corrected chi connectivity index (χ0v) is 18.3. The Hall–Kier alpha value is -2.53. The quantitative estimate of drug-likeness (QED) is 0.660. The van der Waals surface area contributed by atoms with Crippen LogP contribution >= 0.6 is 11.6 Å². The minimum Gasteiger partial charge on any atom is -0.497 e. The summed E-state index contributed by atoms with van der Waals surface area (Å²) in [6.45, 7) is 3.20. The van der Waals surface area contributed by atoms with Crippen LogP contribution in [0, 0.1) is 5.92 Å². The van der Waals surface area contributed by atoms with E-state index in [0.29, 0.717) is 31.0 Å².